The first-order chi connectivity index (χ1) is 11.7. The molecule has 24 heavy (non-hydrogen) atoms. The van der Waals surface area contributed by atoms with Crippen LogP contribution in [0.4, 0.5) is 0 Å². The molecule has 1 aromatic carbocycles. The number of nitrogens with two attached hydrogens (primary N) is 1. The molecule has 0 aliphatic carbocycles. The molecule has 1 aliphatic rings. The van der Waals surface area contributed by atoms with Crippen LogP contribution in [0.2, 0.25) is 0 Å². The maximum absolute atomic E-state index is 6.09. The van der Waals surface area contributed by atoms with E-state index in [0.717, 1.165) is 25.2 Å². The molecule has 0 saturated carbocycles. The summed E-state index contributed by atoms with van der Waals surface area (Å²) < 4.78 is 4.34. The van der Waals surface area contributed by atoms with Gasteiger partial charge < -0.3 is 15.6 Å². The number of benzene rings is 1. The van der Waals surface area contributed by atoms with E-state index in [1.807, 2.05) is 7.05 Å². The van der Waals surface area contributed by atoms with Gasteiger partial charge in [0.05, 0.1) is 16.9 Å². The summed E-state index contributed by atoms with van der Waals surface area (Å²) in [4.78, 5) is 4.53. The molecule has 0 spiro atoms. The van der Waals surface area contributed by atoms with Crippen molar-refractivity contribution in [1.82, 2.24) is 9.88 Å². The van der Waals surface area contributed by atoms with E-state index in [1.165, 1.54) is 16.5 Å². The van der Waals surface area contributed by atoms with E-state index in [9.17, 15) is 0 Å². The van der Waals surface area contributed by atoms with E-state index < -0.39 is 0 Å². The molecule has 0 atom stereocenters. The van der Waals surface area contributed by atoms with Gasteiger partial charge in [-0.2, -0.15) is 0 Å². The Morgan fingerprint density at radius 2 is 2.04 bits per heavy atom. The maximum Gasteiger partial charge on any atom is 0.177 e. The molecule has 3 N–H and O–H groups in total. The summed E-state index contributed by atoms with van der Waals surface area (Å²) in [6.45, 7) is 2.70. The summed E-state index contributed by atoms with van der Waals surface area (Å²) in [5.41, 5.74) is 9.59. The van der Waals surface area contributed by atoms with Gasteiger partial charge in [0.1, 0.15) is 12.9 Å². The molecule has 0 radical (unpaired) electrons. The third kappa shape index (κ3) is 2.90. The third-order valence-corrected chi connectivity index (χ3v) is 4.53. The van der Waals surface area contributed by atoms with Gasteiger partial charge in [0, 0.05) is 37.5 Å². The SMILES string of the molecule is C[n+]1ccc2c(ccn2Cc2ccc(C(N)=NC3CNC3)cc2)c1. The molecule has 0 bridgehead atoms. The van der Waals surface area contributed by atoms with E-state index in [4.69, 9.17) is 5.73 Å². The van der Waals surface area contributed by atoms with Crippen LogP contribution >= 0.6 is 0 Å². The first-order valence-electron chi connectivity index (χ1n) is 8.26. The Morgan fingerprint density at radius 1 is 1.25 bits per heavy atom. The largest absolute Gasteiger partial charge is 0.383 e. The first-order valence-corrected chi connectivity index (χ1v) is 8.26. The Labute approximate surface area is 141 Å². The lowest BCUT2D eigenvalue weighted by Crippen LogP contribution is -2.46. The van der Waals surface area contributed by atoms with Gasteiger partial charge in [-0.05, 0) is 11.6 Å². The number of aliphatic imine (C=N–C) groups is 1. The highest BCUT2D eigenvalue weighted by atomic mass is 15.1. The Kier molecular flexibility index (Phi) is 3.78. The molecule has 1 aliphatic heterocycles. The van der Waals surface area contributed by atoms with Gasteiger partial charge in [-0.25, -0.2) is 4.57 Å². The summed E-state index contributed by atoms with van der Waals surface area (Å²) in [6.07, 6.45) is 6.35. The summed E-state index contributed by atoms with van der Waals surface area (Å²) in [5, 5.41) is 4.45. The van der Waals surface area contributed by atoms with Gasteiger partial charge in [-0.1, -0.05) is 24.3 Å². The van der Waals surface area contributed by atoms with E-state index >= 15 is 0 Å². The molecule has 2 aromatic heterocycles. The summed E-state index contributed by atoms with van der Waals surface area (Å²) in [7, 11) is 2.04. The van der Waals surface area contributed by atoms with Gasteiger partial charge in [-0.3, -0.25) is 4.99 Å². The highest BCUT2D eigenvalue weighted by Gasteiger charge is 2.15. The zero-order chi connectivity index (χ0) is 16.5. The van der Waals surface area contributed by atoms with E-state index in [1.54, 1.807) is 0 Å². The fourth-order valence-electron chi connectivity index (χ4n) is 3.00. The zero-order valence-corrected chi connectivity index (χ0v) is 13.8. The van der Waals surface area contributed by atoms with Gasteiger partial charge in [-0.15, -0.1) is 0 Å². The Hall–Kier alpha value is -2.66. The monoisotopic (exact) mass is 320 g/mol. The third-order valence-electron chi connectivity index (χ3n) is 4.53. The quantitative estimate of drug-likeness (QED) is 0.431. The molecule has 3 aromatic rings. The number of aromatic nitrogens is 2. The van der Waals surface area contributed by atoms with Crippen molar-refractivity contribution in [2.24, 2.45) is 17.8 Å². The van der Waals surface area contributed by atoms with Crippen molar-refractivity contribution in [3.05, 3.63) is 66.1 Å². The molecule has 0 amide bonds. The predicted molar refractivity (Wildman–Crippen MR) is 96.0 cm³/mol. The van der Waals surface area contributed by atoms with Crippen LogP contribution in [0, 0.1) is 0 Å². The first kappa shape index (κ1) is 14.9. The average Bonchev–Trinajstić information content (AvgIpc) is 2.93. The molecule has 1 saturated heterocycles. The number of nitrogens with one attached hydrogen (secondary N) is 1. The van der Waals surface area contributed by atoms with Gasteiger partial charge >= 0.3 is 0 Å². The average molecular weight is 320 g/mol. The summed E-state index contributed by atoms with van der Waals surface area (Å²) in [5.74, 6) is 0.631. The Morgan fingerprint density at radius 3 is 2.75 bits per heavy atom. The van der Waals surface area contributed by atoms with Crippen molar-refractivity contribution < 1.29 is 4.57 Å². The van der Waals surface area contributed by atoms with Crippen LogP contribution in [0.5, 0.6) is 0 Å². The molecule has 122 valence electrons. The van der Waals surface area contributed by atoms with Crippen LogP contribution < -0.4 is 15.6 Å². The fourth-order valence-corrected chi connectivity index (χ4v) is 3.00. The Balaban J connectivity index is 1.53. The highest BCUT2D eigenvalue weighted by Crippen LogP contribution is 2.16. The molecule has 5 nitrogen and oxygen atoms in total. The topological polar surface area (TPSA) is 59.2 Å². The van der Waals surface area contributed by atoms with Crippen LogP contribution in [0.15, 0.2) is 60.0 Å². The van der Waals surface area contributed by atoms with E-state index in [0.29, 0.717) is 11.9 Å². The number of pyridine rings is 1. The summed E-state index contributed by atoms with van der Waals surface area (Å²) >= 11 is 0. The molecule has 0 unspecified atom stereocenters. The highest BCUT2D eigenvalue weighted by molar-refractivity contribution is 5.97. The van der Waals surface area contributed by atoms with Crippen LogP contribution in [0.25, 0.3) is 10.9 Å². The Bertz CT molecular complexity index is 888. The minimum atomic E-state index is 0.331. The molecular formula is C19H22N5+. The van der Waals surface area contributed by atoms with Crippen molar-refractivity contribution in [3.63, 3.8) is 0 Å². The number of nitrogens with zero attached hydrogens (tertiary/aromatic N) is 3. The normalized spacial score (nSPS) is 15.6. The van der Waals surface area contributed by atoms with Crippen LogP contribution in [-0.4, -0.2) is 29.5 Å². The zero-order valence-electron chi connectivity index (χ0n) is 13.8. The lowest BCUT2D eigenvalue weighted by molar-refractivity contribution is -0.670. The van der Waals surface area contributed by atoms with Crippen molar-refractivity contribution in [2.45, 2.75) is 12.6 Å². The summed E-state index contributed by atoms with van der Waals surface area (Å²) in [6, 6.07) is 13.0. The van der Waals surface area contributed by atoms with Crippen LogP contribution in [0.1, 0.15) is 11.1 Å². The second-order valence-electron chi connectivity index (χ2n) is 6.42. The van der Waals surface area contributed by atoms with Crippen molar-refractivity contribution in [2.75, 3.05) is 13.1 Å². The van der Waals surface area contributed by atoms with Gasteiger partial charge in [0.15, 0.2) is 12.4 Å². The maximum atomic E-state index is 6.09. The minimum absolute atomic E-state index is 0.331. The number of fused-ring (bicyclic) bond motifs is 1. The van der Waals surface area contributed by atoms with Crippen LogP contribution in [0.3, 0.4) is 0 Å². The van der Waals surface area contributed by atoms with Crippen molar-refractivity contribution >= 4 is 16.7 Å². The number of hydrogen-bond acceptors (Lipinski definition) is 2. The molecule has 1 fully saturated rings. The predicted octanol–water partition coefficient (Wildman–Crippen LogP) is 1.19. The number of amidine groups is 1. The molecule has 4 rings (SSSR count). The number of hydrogen-bond donors (Lipinski definition) is 2. The van der Waals surface area contributed by atoms with Crippen molar-refractivity contribution in [1.29, 1.82) is 0 Å². The second-order valence-corrected chi connectivity index (χ2v) is 6.42. The van der Waals surface area contributed by atoms with E-state index in [2.05, 4.69) is 74.4 Å². The lowest BCUT2D eigenvalue weighted by Gasteiger charge is -2.23. The molecular weight excluding hydrogens is 298 g/mol. The van der Waals surface area contributed by atoms with Crippen molar-refractivity contribution in [3.8, 4) is 0 Å². The number of rotatable bonds is 4. The second kappa shape index (κ2) is 6.09. The lowest BCUT2D eigenvalue weighted by atomic mass is 10.1. The smallest absolute Gasteiger partial charge is 0.177 e. The van der Waals surface area contributed by atoms with Gasteiger partial charge in [0.2, 0.25) is 0 Å². The number of aryl methyl sites for hydroxylation is 1. The molecule has 5 heteroatoms. The van der Waals surface area contributed by atoms with E-state index in [-0.39, 0.29) is 0 Å². The molecule has 3 heterocycles. The standard InChI is InChI=1S/C19H22N5/c1-23-8-7-18-16(13-23)6-9-24(18)12-14-2-4-15(5-3-14)19(20)22-17-10-21-11-17/h2-9,13,17,21H,10-12H2,1H3,(H2,20,22)/q+1. The minimum Gasteiger partial charge on any atom is -0.383 e. The van der Waals surface area contributed by atoms with Crippen LogP contribution in [-0.2, 0) is 13.6 Å². The van der Waals surface area contributed by atoms with Gasteiger partial charge in [0.25, 0.3) is 0 Å². The fraction of sp³-hybridized carbons (Fsp3) is 0.263.